The lowest BCUT2D eigenvalue weighted by atomic mass is 10.3. The molecule has 1 aliphatic rings. The first-order chi connectivity index (χ1) is 3.93. The van der Waals surface area contributed by atoms with Gasteiger partial charge in [-0.2, -0.15) is 5.10 Å². The highest BCUT2D eigenvalue weighted by Crippen LogP contribution is 1.87. The van der Waals surface area contributed by atoms with Gasteiger partial charge in [-0.15, -0.1) is 0 Å². The zero-order valence-corrected chi connectivity index (χ0v) is 4.89. The van der Waals surface area contributed by atoms with Crippen molar-refractivity contribution in [2.45, 2.75) is 13.3 Å². The van der Waals surface area contributed by atoms with Crippen LogP contribution in [-0.2, 0) is 0 Å². The number of rotatable bonds is 1. The molecule has 1 rings (SSSR count). The van der Waals surface area contributed by atoms with E-state index in [1.165, 1.54) is 0 Å². The third kappa shape index (κ3) is 1.05. The predicted octanol–water partition coefficient (Wildman–Crippen LogP) is 0.384. The van der Waals surface area contributed by atoms with Crippen molar-refractivity contribution < 1.29 is 0 Å². The highest BCUT2D eigenvalue weighted by Gasteiger charge is 1.94. The number of nitrogens with zero attached hydrogens (tertiary/aromatic N) is 2. The smallest absolute Gasteiger partial charge is 0.103 e. The lowest BCUT2D eigenvalue weighted by Gasteiger charge is -2.02. The second kappa shape index (κ2) is 2.45. The third-order valence-electron chi connectivity index (χ3n) is 1.05. The van der Waals surface area contributed by atoms with Crippen molar-refractivity contribution in [3.63, 3.8) is 0 Å². The Morgan fingerprint density at radius 1 is 1.88 bits per heavy atom. The molecule has 1 N–H and O–H groups in total. The second-order valence-corrected chi connectivity index (χ2v) is 1.63. The minimum Gasteiger partial charge on any atom is -0.268 e. The van der Waals surface area contributed by atoms with E-state index in [4.69, 9.17) is 0 Å². The molecule has 0 saturated heterocycles. The standard InChI is InChI=1S/C5H9N3/c1-2-5-3-6-4-7-8-5/h4H,2-3H2,1H3,(H,6,7). The lowest BCUT2D eigenvalue weighted by Crippen LogP contribution is -2.16. The number of aliphatic imine (C=N–C) groups is 1. The van der Waals surface area contributed by atoms with Crippen LogP contribution < -0.4 is 5.43 Å². The Morgan fingerprint density at radius 2 is 2.75 bits per heavy atom. The molecule has 0 unspecified atom stereocenters. The summed E-state index contributed by atoms with van der Waals surface area (Å²) in [4.78, 5) is 3.96. The lowest BCUT2D eigenvalue weighted by molar-refractivity contribution is 0.969. The fourth-order valence-electron chi connectivity index (χ4n) is 0.538. The number of hydrogen-bond donors (Lipinski definition) is 1. The van der Waals surface area contributed by atoms with Crippen molar-refractivity contribution in [1.29, 1.82) is 0 Å². The molecular formula is C5H9N3. The minimum atomic E-state index is 0.767. The molecule has 1 aliphatic heterocycles. The van der Waals surface area contributed by atoms with Gasteiger partial charge in [0.2, 0.25) is 0 Å². The Bertz CT molecular complexity index is 126. The first-order valence-electron chi connectivity index (χ1n) is 2.72. The monoisotopic (exact) mass is 111 g/mol. The van der Waals surface area contributed by atoms with Crippen LogP contribution in [0.1, 0.15) is 13.3 Å². The van der Waals surface area contributed by atoms with Gasteiger partial charge in [0.25, 0.3) is 0 Å². The fourth-order valence-corrected chi connectivity index (χ4v) is 0.538. The van der Waals surface area contributed by atoms with Crippen molar-refractivity contribution in [2.75, 3.05) is 6.54 Å². The van der Waals surface area contributed by atoms with Crippen LogP contribution in [0.2, 0.25) is 0 Å². The first-order valence-corrected chi connectivity index (χ1v) is 2.72. The molecule has 0 saturated carbocycles. The minimum absolute atomic E-state index is 0.767. The van der Waals surface area contributed by atoms with E-state index in [2.05, 4.69) is 22.4 Å². The van der Waals surface area contributed by atoms with Gasteiger partial charge in [0.1, 0.15) is 6.34 Å². The van der Waals surface area contributed by atoms with Crippen LogP contribution in [-0.4, -0.2) is 18.6 Å². The molecule has 0 amide bonds. The molecule has 3 heteroatoms. The molecule has 0 radical (unpaired) electrons. The maximum atomic E-state index is 3.97. The van der Waals surface area contributed by atoms with Crippen LogP contribution >= 0.6 is 0 Å². The summed E-state index contributed by atoms with van der Waals surface area (Å²) in [5, 5.41) is 3.97. The van der Waals surface area contributed by atoms with Gasteiger partial charge in [-0.25, -0.2) is 0 Å². The number of hydrazone groups is 1. The number of hydrogen-bond acceptors (Lipinski definition) is 3. The fraction of sp³-hybridized carbons (Fsp3) is 0.600. The van der Waals surface area contributed by atoms with Crippen molar-refractivity contribution in [2.24, 2.45) is 10.1 Å². The highest BCUT2D eigenvalue weighted by atomic mass is 15.3. The summed E-state index contributed by atoms with van der Waals surface area (Å²) in [6.07, 6.45) is 2.60. The summed E-state index contributed by atoms with van der Waals surface area (Å²) in [6.45, 7) is 2.84. The van der Waals surface area contributed by atoms with E-state index < -0.39 is 0 Å². The van der Waals surface area contributed by atoms with Crippen LogP contribution in [0.3, 0.4) is 0 Å². The molecule has 0 aliphatic carbocycles. The van der Waals surface area contributed by atoms with Gasteiger partial charge in [-0.05, 0) is 6.42 Å². The third-order valence-corrected chi connectivity index (χ3v) is 1.05. The van der Waals surface area contributed by atoms with Gasteiger partial charge in [0.15, 0.2) is 0 Å². The van der Waals surface area contributed by atoms with Crippen LogP contribution in [0.5, 0.6) is 0 Å². The summed E-state index contributed by atoms with van der Waals surface area (Å²) in [6, 6.07) is 0. The summed E-state index contributed by atoms with van der Waals surface area (Å²) in [5.41, 5.74) is 3.80. The molecule has 0 aromatic heterocycles. The summed E-state index contributed by atoms with van der Waals surface area (Å²) >= 11 is 0. The van der Waals surface area contributed by atoms with E-state index in [1.807, 2.05) is 0 Å². The molecule has 0 spiro atoms. The molecule has 0 aromatic rings. The Morgan fingerprint density at radius 3 is 3.12 bits per heavy atom. The maximum absolute atomic E-state index is 3.97. The Balaban J connectivity index is 2.43. The van der Waals surface area contributed by atoms with Gasteiger partial charge in [-0.1, -0.05) is 6.92 Å². The van der Waals surface area contributed by atoms with Gasteiger partial charge >= 0.3 is 0 Å². The Hall–Kier alpha value is -0.860. The Labute approximate surface area is 48.5 Å². The molecule has 1 heterocycles. The molecule has 0 bridgehead atoms. The van der Waals surface area contributed by atoms with Gasteiger partial charge in [0, 0.05) is 0 Å². The van der Waals surface area contributed by atoms with Crippen LogP contribution in [0, 0.1) is 0 Å². The van der Waals surface area contributed by atoms with E-state index in [0.29, 0.717) is 0 Å². The van der Waals surface area contributed by atoms with E-state index in [0.717, 1.165) is 18.7 Å². The van der Waals surface area contributed by atoms with Crippen molar-refractivity contribution in [1.82, 2.24) is 5.43 Å². The maximum Gasteiger partial charge on any atom is 0.103 e. The Kier molecular flexibility index (Phi) is 1.62. The zero-order chi connectivity index (χ0) is 5.82. The zero-order valence-electron chi connectivity index (χ0n) is 4.89. The predicted molar refractivity (Wildman–Crippen MR) is 34.2 cm³/mol. The SMILES string of the molecule is CCC1=NNC=NC1. The van der Waals surface area contributed by atoms with Crippen molar-refractivity contribution >= 4 is 12.1 Å². The van der Waals surface area contributed by atoms with E-state index >= 15 is 0 Å². The van der Waals surface area contributed by atoms with Crippen LogP contribution in [0.25, 0.3) is 0 Å². The normalized spacial score (nSPS) is 17.4. The van der Waals surface area contributed by atoms with Gasteiger partial charge < -0.3 is 0 Å². The summed E-state index contributed by atoms with van der Waals surface area (Å²) < 4.78 is 0. The molecular weight excluding hydrogens is 102 g/mol. The topological polar surface area (TPSA) is 36.8 Å². The van der Waals surface area contributed by atoms with E-state index in [1.54, 1.807) is 6.34 Å². The first kappa shape index (κ1) is 5.28. The van der Waals surface area contributed by atoms with Crippen LogP contribution in [0.4, 0.5) is 0 Å². The molecule has 3 nitrogen and oxygen atoms in total. The van der Waals surface area contributed by atoms with Crippen LogP contribution in [0.15, 0.2) is 10.1 Å². The molecule has 0 atom stereocenters. The largest absolute Gasteiger partial charge is 0.268 e. The molecule has 0 fully saturated rings. The quantitative estimate of drug-likeness (QED) is 0.522. The molecule has 8 heavy (non-hydrogen) atoms. The summed E-state index contributed by atoms with van der Waals surface area (Å²) in [5.74, 6) is 0. The molecule has 0 aromatic carbocycles. The second-order valence-electron chi connectivity index (χ2n) is 1.63. The van der Waals surface area contributed by atoms with Gasteiger partial charge in [0.05, 0.1) is 12.3 Å². The average molecular weight is 111 g/mol. The van der Waals surface area contributed by atoms with Crippen molar-refractivity contribution in [3.05, 3.63) is 0 Å². The number of nitrogens with one attached hydrogen (secondary N) is 1. The molecule has 44 valence electrons. The van der Waals surface area contributed by atoms with E-state index in [-0.39, 0.29) is 0 Å². The van der Waals surface area contributed by atoms with E-state index in [9.17, 15) is 0 Å². The average Bonchev–Trinajstić information content (AvgIpc) is 1.90. The highest BCUT2D eigenvalue weighted by molar-refractivity contribution is 5.88. The van der Waals surface area contributed by atoms with Gasteiger partial charge in [-0.3, -0.25) is 10.4 Å². The summed E-state index contributed by atoms with van der Waals surface area (Å²) in [7, 11) is 0. The van der Waals surface area contributed by atoms with Crippen molar-refractivity contribution in [3.8, 4) is 0 Å².